The van der Waals surface area contributed by atoms with E-state index in [9.17, 15) is 31.9 Å². The molecule has 47 heavy (non-hydrogen) atoms. The number of anilines is 1. The maximum absolute atomic E-state index is 15.3. The molecule has 1 aromatic heterocycles. The summed E-state index contributed by atoms with van der Waals surface area (Å²) in [5.41, 5.74) is 0.396. The maximum atomic E-state index is 15.3. The normalized spacial score (nSPS) is 22.0. The number of aromatic nitrogens is 1. The first-order valence-electron chi connectivity index (χ1n) is 15.1. The fraction of sp³-hybridized carbons (Fsp3) is 0.406. The average Bonchev–Trinajstić information content (AvgIpc) is 3.12. The summed E-state index contributed by atoms with van der Waals surface area (Å²) in [7, 11) is -3.47. The third-order valence-electron chi connectivity index (χ3n) is 8.59. The Labute approximate surface area is 275 Å². The number of rotatable bonds is 10. The zero-order chi connectivity index (χ0) is 33.9. The van der Waals surface area contributed by atoms with Crippen molar-refractivity contribution in [2.24, 2.45) is 0 Å². The average molecular weight is 694 g/mol. The van der Waals surface area contributed by atoms with Crippen LogP contribution in [0, 0.1) is 5.82 Å². The highest BCUT2D eigenvalue weighted by molar-refractivity contribution is 7.89. The van der Waals surface area contributed by atoms with E-state index in [-0.39, 0.29) is 41.5 Å². The number of carbonyl (C=O) groups excluding carboxylic acids is 1. The van der Waals surface area contributed by atoms with Crippen LogP contribution < -0.4 is 16.0 Å². The number of sulfonamides is 1. The minimum Gasteiger partial charge on any atom is -0.465 e. The van der Waals surface area contributed by atoms with Gasteiger partial charge >= 0.3 is 6.09 Å². The van der Waals surface area contributed by atoms with Gasteiger partial charge < -0.3 is 21.1 Å². The number of amides is 2. The van der Waals surface area contributed by atoms with Crippen LogP contribution in [0.3, 0.4) is 0 Å². The summed E-state index contributed by atoms with van der Waals surface area (Å²) in [6.45, 7) is 1.44. The van der Waals surface area contributed by atoms with E-state index in [4.69, 9.17) is 11.6 Å². The van der Waals surface area contributed by atoms with Crippen molar-refractivity contribution in [3.05, 3.63) is 94.0 Å². The summed E-state index contributed by atoms with van der Waals surface area (Å²) in [6.07, 6.45) is 1.28. The van der Waals surface area contributed by atoms with Gasteiger partial charge in [-0.15, -0.1) is 0 Å². The Morgan fingerprint density at radius 1 is 1.15 bits per heavy atom. The van der Waals surface area contributed by atoms with E-state index < -0.39 is 57.5 Å². The lowest BCUT2D eigenvalue weighted by Crippen LogP contribution is -2.57. The number of halogens is 4. The minimum atomic E-state index is -3.47. The van der Waals surface area contributed by atoms with Gasteiger partial charge in [0.15, 0.2) is 0 Å². The van der Waals surface area contributed by atoms with Crippen LogP contribution in [0.5, 0.6) is 0 Å². The van der Waals surface area contributed by atoms with Gasteiger partial charge in [0.2, 0.25) is 15.9 Å². The van der Waals surface area contributed by atoms with Gasteiger partial charge in [-0.3, -0.25) is 9.78 Å². The fourth-order valence-corrected chi connectivity index (χ4v) is 8.16. The first kappa shape index (κ1) is 34.6. The van der Waals surface area contributed by atoms with Crippen molar-refractivity contribution >= 4 is 39.3 Å². The SMILES string of the molecule is CC(F)(F)c1ccc(C(c2ccc(Cl)cc2)C(NC(=O)O)C(=O)Nc2cccc(F)c2CCC2CNC3CCCS(=O)(=O)N2C3)cn1. The van der Waals surface area contributed by atoms with Crippen molar-refractivity contribution in [1.82, 2.24) is 19.9 Å². The van der Waals surface area contributed by atoms with E-state index in [0.717, 1.165) is 18.7 Å². The van der Waals surface area contributed by atoms with Crippen molar-refractivity contribution in [2.75, 3.05) is 24.2 Å². The van der Waals surface area contributed by atoms with Crippen LogP contribution in [0.15, 0.2) is 60.8 Å². The predicted molar refractivity (Wildman–Crippen MR) is 171 cm³/mol. The van der Waals surface area contributed by atoms with Gasteiger partial charge in [-0.05, 0) is 67.1 Å². The molecule has 5 unspecified atom stereocenters. The smallest absolute Gasteiger partial charge is 0.405 e. The number of hydrogen-bond acceptors (Lipinski definition) is 6. The molecule has 5 rings (SSSR count). The largest absolute Gasteiger partial charge is 0.465 e. The molecule has 2 saturated heterocycles. The second-order valence-electron chi connectivity index (χ2n) is 11.9. The highest BCUT2D eigenvalue weighted by Gasteiger charge is 2.38. The van der Waals surface area contributed by atoms with Crippen LogP contribution in [0.2, 0.25) is 5.02 Å². The molecule has 2 aromatic carbocycles. The minimum absolute atomic E-state index is 0.0502. The van der Waals surface area contributed by atoms with E-state index in [2.05, 4.69) is 20.9 Å². The maximum Gasteiger partial charge on any atom is 0.405 e. The number of nitrogens with zero attached hydrogens (tertiary/aromatic N) is 2. The van der Waals surface area contributed by atoms with Gasteiger partial charge in [0.1, 0.15) is 17.6 Å². The molecule has 2 fully saturated rings. The molecule has 2 bridgehead atoms. The highest BCUT2D eigenvalue weighted by atomic mass is 35.5. The second-order valence-corrected chi connectivity index (χ2v) is 14.4. The Kier molecular flexibility index (Phi) is 10.4. The topological polar surface area (TPSA) is 141 Å². The summed E-state index contributed by atoms with van der Waals surface area (Å²) in [4.78, 5) is 29.8. The Balaban J connectivity index is 1.44. The van der Waals surface area contributed by atoms with Crippen molar-refractivity contribution in [2.45, 2.75) is 62.6 Å². The third-order valence-corrected chi connectivity index (χ3v) is 10.8. The summed E-state index contributed by atoms with van der Waals surface area (Å²) >= 11 is 6.08. The molecule has 0 spiro atoms. The number of hydrogen-bond donors (Lipinski definition) is 4. The van der Waals surface area contributed by atoms with E-state index in [1.54, 1.807) is 24.3 Å². The lowest BCUT2D eigenvalue weighted by atomic mass is 9.85. The molecule has 15 heteroatoms. The molecule has 10 nitrogen and oxygen atoms in total. The first-order chi connectivity index (χ1) is 22.2. The van der Waals surface area contributed by atoms with Gasteiger partial charge in [-0.1, -0.05) is 35.9 Å². The molecule has 4 N–H and O–H groups in total. The van der Waals surface area contributed by atoms with Crippen molar-refractivity contribution < 1.29 is 36.3 Å². The molecule has 0 radical (unpaired) electrons. The molecule has 2 aliphatic rings. The Hall–Kier alpha value is -3.72. The van der Waals surface area contributed by atoms with Crippen LogP contribution >= 0.6 is 11.6 Å². The third kappa shape index (κ3) is 8.23. The summed E-state index contributed by atoms with van der Waals surface area (Å²) in [6, 6.07) is 10.9. The van der Waals surface area contributed by atoms with Crippen LogP contribution in [-0.2, 0) is 27.2 Å². The number of fused-ring (bicyclic) bond motifs is 2. The van der Waals surface area contributed by atoms with E-state index in [0.29, 0.717) is 37.0 Å². The molecule has 5 atom stereocenters. The molecule has 0 aliphatic carbocycles. The lowest BCUT2D eigenvalue weighted by molar-refractivity contribution is -0.118. The van der Waals surface area contributed by atoms with Gasteiger partial charge in [-0.2, -0.15) is 13.1 Å². The van der Waals surface area contributed by atoms with Crippen LogP contribution in [-0.4, -0.2) is 71.8 Å². The molecule has 3 heterocycles. The monoisotopic (exact) mass is 693 g/mol. The van der Waals surface area contributed by atoms with Gasteiger partial charge in [-0.25, -0.2) is 17.6 Å². The number of pyridine rings is 1. The quantitative estimate of drug-likeness (QED) is 0.232. The second kappa shape index (κ2) is 14.2. The van der Waals surface area contributed by atoms with Crippen molar-refractivity contribution in [3.63, 3.8) is 0 Å². The molecular formula is C32H35ClF3N5O5S. The first-order valence-corrected chi connectivity index (χ1v) is 17.1. The number of nitrogens with one attached hydrogen (secondary N) is 3. The molecule has 0 saturated carbocycles. The number of carbonyl (C=O) groups is 2. The Morgan fingerprint density at radius 3 is 2.53 bits per heavy atom. The van der Waals surface area contributed by atoms with E-state index in [1.807, 2.05) is 0 Å². The summed E-state index contributed by atoms with van der Waals surface area (Å²) in [5.74, 6) is -5.71. The molecule has 2 aliphatic heterocycles. The molecule has 252 valence electrons. The zero-order valence-electron chi connectivity index (χ0n) is 25.4. The zero-order valence-corrected chi connectivity index (χ0v) is 27.0. The molecule has 3 aromatic rings. The van der Waals surface area contributed by atoms with E-state index in [1.165, 1.54) is 28.6 Å². The number of benzene rings is 2. The van der Waals surface area contributed by atoms with Gasteiger partial charge in [0.05, 0.1) is 5.75 Å². The fourth-order valence-electron chi connectivity index (χ4n) is 6.23. The van der Waals surface area contributed by atoms with Crippen molar-refractivity contribution in [1.29, 1.82) is 0 Å². The van der Waals surface area contributed by atoms with E-state index >= 15 is 4.39 Å². The molecule has 2 amide bonds. The predicted octanol–water partition coefficient (Wildman–Crippen LogP) is 5.09. The van der Waals surface area contributed by atoms with Crippen LogP contribution in [0.25, 0.3) is 0 Å². The Bertz CT molecular complexity index is 1710. The number of piperazine rings is 1. The Morgan fingerprint density at radius 2 is 1.87 bits per heavy atom. The van der Waals surface area contributed by atoms with Gasteiger partial charge in [0.25, 0.3) is 5.92 Å². The van der Waals surface area contributed by atoms with Crippen molar-refractivity contribution in [3.8, 4) is 0 Å². The van der Waals surface area contributed by atoms with Crippen LogP contribution in [0.1, 0.15) is 54.5 Å². The highest BCUT2D eigenvalue weighted by Crippen LogP contribution is 2.33. The van der Waals surface area contributed by atoms with Gasteiger partial charge in [0, 0.05) is 60.5 Å². The summed E-state index contributed by atoms with van der Waals surface area (Å²) < 4.78 is 70.5. The standard InChI is InChI=1S/C32H35ClF3N5O5S/c1-32(35,36)27-14-9-20(16-38-27)28(19-7-10-21(33)11-8-19)29(40-31(43)44)30(42)39-26-6-2-5-25(34)24(26)13-12-23-17-37-22-4-3-15-47(45,46)41(23)18-22/h2,5-11,14,16,22-23,28-29,37,40H,3-4,12-13,15,17-18H2,1H3,(H,39,42)(H,43,44). The van der Waals surface area contributed by atoms with Crippen LogP contribution in [0.4, 0.5) is 23.7 Å². The summed E-state index contributed by atoms with van der Waals surface area (Å²) in [5, 5.41) is 18.4. The number of carboxylic acid groups (broad SMARTS) is 1. The number of alkyl halides is 2. The lowest BCUT2D eigenvalue weighted by Gasteiger charge is -2.37. The molecular weight excluding hydrogens is 659 g/mol.